The Bertz CT molecular complexity index is 559. The minimum absolute atomic E-state index is 0.297. The Morgan fingerprint density at radius 3 is 2.40 bits per heavy atom. The van der Waals surface area contributed by atoms with E-state index in [4.69, 9.17) is 9.08 Å². The smallest absolute Gasteiger partial charge is 0.277 e. The van der Waals surface area contributed by atoms with E-state index in [1.807, 2.05) is 0 Å². The molecule has 0 radical (unpaired) electrons. The van der Waals surface area contributed by atoms with Gasteiger partial charge in [-0.05, 0) is 0 Å². The van der Waals surface area contributed by atoms with Gasteiger partial charge < -0.3 is 0 Å². The Hall–Kier alpha value is -1.66. The monoisotopic (exact) mass is 226 g/mol. The Balaban J connectivity index is 2.61. The van der Waals surface area contributed by atoms with Crippen LogP contribution in [0.25, 0.3) is 5.69 Å². The van der Waals surface area contributed by atoms with Crippen molar-refractivity contribution in [2.24, 2.45) is 0 Å². The molecule has 0 aliphatic heterocycles. The lowest BCUT2D eigenvalue weighted by Gasteiger charge is -1.90. The normalized spacial score (nSPS) is 11.5. The number of hydrogen-bond acceptors (Lipinski definition) is 3. The highest BCUT2D eigenvalue weighted by Crippen LogP contribution is 2.06. The standard InChI is InChI=1S/C9H7NO4S/c11-15(12,13)9-6-7-14-10(9)8-4-2-1-3-5-8/h1-7H/p+1. The molecule has 2 rings (SSSR count). The van der Waals surface area contributed by atoms with Crippen molar-refractivity contribution >= 4 is 10.1 Å². The summed E-state index contributed by atoms with van der Waals surface area (Å²) in [4.78, 5) is 0. The number of benzene rings is 1. The fourth-order valence-corrected chi connectivity index (χ4v) is 1.80. The van der Waals surface area contributed by atoms with Crippen LogP contribution in [0, 0.1) is 0 Å². The van der Waals surface area contributed by atoms with Crippen molar-refractivity contribution in [2.45, 2.75) is 5.03 Å². The molecule has 78 valence electrons. The van der Waals surface area contributed by atoms with Gasteiger partial charge in [0.05, 0.1) is 6.07 Å². The molecular weight excluding hydrogens is 218 g/mol. The van der Waals surface area contributed by atoms with E-state index in [0.29, 0.717) is 5.69 Å². The Kier molecular flexibility index (Phi) is 2.29. The molecule has 5 nitrogen and oxygen atoms in total. The summed E-state index contributed by atoms with van der Waals surface area (Å²) in [6.07, 6.45) is 1.19. The van der Waals surface area contributed by atoms with Crippen LogP contribution in [0.15, 0.2) is 52.2 Å². The fraction of sp³-hybridized carbons (Fsp3) is 0. The predicted octanol–water partition coefficient (Wildman–Crippen LogP) is 0.803. The summed E-state index contributed by atoms with van der Waals surface area (Å²) in [5.74, 6) is 0. The summed E-state index contributed by atoms with van der Waals surface area (Å²) < 4.78 is 36.8. The molecule has 0 amide bonds. The topological polar surface area (TPSA) is 71.4 Å². The summed E-state index contributed by atoms with van der Waals surface area (Å²) in [7, 11) is -4.27. The first-order chi connectivity index (χ1) is 7.09. The third-order valence-electron chi connectivity index (χ3n) is 1.83. The van der Waals surface area contributed by atoms with Gasteiger partial charge in [-0.1, -0.05) is 18.2 Å². The maximum absolute atomic E-state index is 11.0. The lowest BCUT2D eigenvalue weighted by Crippen LogP contribution is -2.34. The molecule has 0 fully saturated rings. The van der Waals surface area contributed by atoms with Crippen LogP contribution in [0.3, 0.4) is 0 Å². The summed E-state index contributed by atoms with van der Waals surface area (Å²) in [6, 6.07) is 9.77. The SMILES string of the molecule is O=S(=O)(O)c1cco[n+]1-c1ccccc1. The number of aromatic nitrogens is 1. The third-order valence-corrected chi connectivity index (χ3v) is 2.66. The maximum atomic E-state index is 11.0. The summed E-state index contributed by atoms with van der Waals surface area (Å²) in [5.41, 5.74) is 0.523. The second-order valence-corrected chi connectivity index (χ2v) is 4.22. The highest BCUT2D eigenvalue weighted by molar-refractivity contribution is 7.85. The van der Waals surface area contributed by atoms with Crippen LogP contribution in [0.5, 0.6) is 0 Å². The molecule has 2 aromatic rings. The van der Waals surface area contributed by atoms with Gasteiger partial charge in [-0.25, -0.2) is 4.52 Å². The first-order valence-electron chi connectivity index (χ1n) is 4.12. The van der Waals surface area contributed by atoms with E-state index in [0.717, 1.165) is 4.74 Å². The van der Waals surface area contributed by atoms with Crippen molar-refractivity contribution in [1.82, 2.24) is 0 Å². The molecule has 0 aliphatic carbocycles. The minimum atomic E-state index is -4.27. The summed E-state index contributed by atoms with van der Waals surface area (Å²) >= 11 is 0. The molecule has 0 saturated carbocycles. The van der Waals surface area contributed by atoms with E-state index in [-0.39, 0.29) is 5.03 Å². The average Bonchev–Trinajstić information content (AvgIpc) is 2.67. The number of nitrogens with zero attached hydrogens (tertiary/aromatic N) is 1. The van der Waals surface area contributed by atoms with Gasteiger partial charge >= 0.3 is 15.1 Å². The van der Waals surface area contributed by atoms with Crippen LogP contribution in [-0.4, -0.2) is 13.0 Å². The number of para-hydroxylation sites is 1. The minimum Gasteiger partial charge on any atom is -0.277 e. The van der Waals surface area contributed by atoms with Crippen molar-refractivity contribution in [3.05, 3.63) is 42.7 Å². The van der Waals surface area contributed by atoms with Crippen molar-refractivity contribution in [2.75, 3.05) is 0 Å². The zero-order chi connectivity index (χ0) is 10.9. The second kappa shape index (κ2) is 3.48. The van der Waals surface area contributed by atoms with Gasteiger partial charge in [-0.2, -0.15) is 8.42 Å². The van der Waals surface area contributed by atoms with Gasteiger partial charge in [-0.15, -0.1) is 0 Å². The van der Waals surface area contributed by atoms with Crippen LogP contribution >= 0.6 is 0 Å². The molecule has 0 aliphatic rings. The van der Waals surface area contributed by atoms with Crippen molar-refractivity contribution in [3.63, 3.8) is 0 Å². The van der Waals surface area contributed by atoms with Crippen LogP contribution in [0.1, 0.15) is 0 Å². The molecule has 0 bridgehead atoms. The van der Waals surface area contributed by atoms with E-state index in [1.165, 1.54) is 12.3 Å². The summed E-state index contributed by atoms with van der Waals surface area (Å²) in [5, 5.41) is -0.297. The predicted molar refractivity (Wildman–Crippen MR) is 50.1 cm³/mol. The molecular formula is C9H8NO4S+. The van der Waals surface area contributed by atoms with Crippen molar-refractivity contribution in [1.29, 1.82) is 0 Å². The number of rotatable bonds is 2. The van der Waals surface area contributed by atoms with E-state index in [1.54, 1.807) is 30.3 Å². The van der Waals surface area contributed by atoms with Gasteiger partial charge in [-0.3, -0.25) is 4.55 Å². The second-order valence-electron chi connectivity index (χ2n) is 2.85. The van der Waals surface area contributed by atoms with Gasteiger partial charge in [0.15, 0.2) is 6.26 Å². The Labute approximate surface area is 86.3 Å². The number of hydrogen-bond donors (Lipinski definition) is 1. The molecule has 0 unspecified atom stereocenters. The summed E-state index contributed by atoms with van der Waals surface area (Å²) in [6.45, 7) is 0. The molecule has 6 heteroatoms. The maximum Gasteiger partial charge on any atom is 0.378 e. The van der Waals surface area contributed by atoms with Gasteiger partial charge in [0.2, 0.25) is 0 Å². The van der Waals surface area contributed by atoms with Crippen LogP contribution < -0.4 is 4.74 Å². The molecule has 0 atom stereocenters. The molecule has 1 aromatic heterocycles. The van der Waals surface area contributed by atoms with E-state index in [2.05, 4.69) is 0 Å². The molecule has 15 heavy (non-hydrogen) atoms. The quantitative estimate of drug-likeness (QED) is 0.607. The van der Waals surface area contributed by atoms with Gasteiger partial charge in [0, 0.05) is 16.9 Å². The third kappa shape index (κ3) is 1.90. The highest BCUT2D eigenvalue weighted by Gasteiger charge is 2.29. The van der Waals surface area contributed by atoms with E-state index in [9.17, 15) is 8.42 Å². The van der Waals surface area contributed by atoms with Gasteiger partial charge in [0.1, 0.15) is 0 Å². The molecule has 1 N–H and O–H groups in total. The molecule has 0 spiro atoms. The largest absolute Gasteiger partial charge is 0.378 e. The Morgan fingerprint density at radius 2 is 1.80 bits per heavy atom. The van der Waals surface area contributed by atoms with Crippen LogP contribution in [0.4, 0.5) is 0 Å². The fourth-order valence-electron chi connectivity index (χ4n) is 1.21. The van der Waals surface area contributed by atoms with Crippen molar-refractivity contribution < 1.29 is 22.2 Å². The van der Waals surface area contributed by atoms with Gasteiger partial charge in [0.25, 0.3) is 5.69 Å². The zero-order valence-electron chi connectivity index (χ0n) is 7.57. The van der Waals surface area contributed by atoms with E-state index < -0.39 is 10.1 Å². The van der Waals surface area contributed by atoms with E-state index >= 15 is 0 Å². The first kappa shape index (κ1) is 9.88. The molecule has 1 aromatic carbocycles. The Morgan fingerprint density at radius 1 is 1.13 bits per heavy atom. The van der Waals surface area contributed by atoms with Crippen molar-refractivity contribution in [3.8, 4) is 5.69 Å². The van der Waals surface area contributed by atoms with Crippen LogP contribution in [0.2, 0.25) is 0 Å². The highest BCUT2D eigenvalue weighted by atomic mass is 32.2. The van der Waals surface area contributed by atoms with Crippen LogP contribution in [-0.2, 0) is 10.1 Å². The first-order valence-corrected chi connectivity index (χ1v) is 5.56. The average molecular weight is 226 g/mol. The molecule has 1 heterocycles. The lowest BCUT2D eigenvalue weighted by atomic mass is 10.3. The molecule has 0 saturated heterocycles. The zero-order valence-corrected chi connectivity index (χ0v) is 8.39. The lowest BCUT2D eigenvalue weighted by molar-refractivity contribution is -0.815.